The first kappa shape index (κ1) is 13.8. The lowest BCUT2D eigenvalue weighted by atomic mass is 10.3. The number of methoxy groups -OCH3 is 1. The molecule has 0 aliphatic carbocycles. The van der Waals surface area contributed by atoms with Crippen LogP contribution >= 0.6 is 11.6 Å². The van der Waals surface area contributed by atoms with Crippen LogP contribution in [0.3, 0.4) is 0 Å². The molecule has 1 aromatic carbocycles. The van der Waals surface area contributed by atoms with Gasteiger partial charge in [-0.2, -0.15) is 0 Å². The SMILES string of the molecule is COCCNc1nc(C)cn1-c1ccc(F)c(Cl)c1. The molecule has 0 saturated heterocycles. The summed E-state index contributed by atoms with van der Waals surface area (Å²) < 4.78 is 20.0. The monoisotopic (exact) mass is 283 g/mol. The van der Waals surface area contributed by atoms with Gasteiger partial charge in [-0.05, 0) is 25.1 Å². The highest BCUT2D eigenvalue weighted by molar-refractivity contribution is 6.30. The van der Waals surface area contributed by atoms with E-state index in [1.807, 2.05) is 17.7 Å². The van der Waals surface area contributed by atoms with E-state index in [4.69, 9.17) is 16.3 Å². The summed E-state index contributed by atoms with van der Waals surface area (Å²) in [6, 6.07) is 4.56. The van der Waals surface area contributed by atoms with Gasteiger partial charge in [0.1, 0.15) is 5.82 Å². The Labute approximate surface area is 116 Å². The molecule has 1 N–H and O–H groups in total. The van der Waals surface area contributed by atoms with E-state index >= 15 is 0 Å². The van der Waals surface area contributed by atoms with Crippen molar-refractivity contribution in [1.29, 1.82) is 0 Å². The molecule has 102 valence electrons. The molecule has 0 bridgehead atoms. The van der Waals surface area contributed by atoms with Crippen LogP contribution in [0.4, 0.5) is 10.3 Å². The molecule has 0 saturated carbocycles. The van der Waals surface area contributed by atoms with Gasteiger partial charge in [0, 0.05) is 19.9 Å². The third kappa shape index (κ3) is 3.24. The van der Waals surface area contributed by atoms with E-state index in [0.717, 1.165) is 11.4 Å². The lowest BCUT2D eigenvalue weighted by Crippen LogP contribution is -2.11. The summed E-state index contributed by atoms with van der Waals surface area (Å²) >= 11 is 5.80. The van der Waals surface area contributed by atoms with Gasteiger partial charge in [-0.1, -0.05) is 11.6 Å². The van der Waals surface area contributed by atoms with Crippen LogP contribution in [0.2, 0.25) is 5.02 Å². The number of benzene rings is 1. The predicted molar refractivity (Wildman–Crippen MR) is 73.6 cm³/mol. The molecule has 2 aromatic rings. The topological polar surface area (TPSA) is 39.1 Å². The Morgan fingerprint density at radius 3 is 2.95 bits per heavy atom. The molecule has 1 aromatic heterocycles. The van der Waals surface area contributed by atoms with E-state index in [2.05, 4.69) is 10.3 Å². The molecule has 0 radical (unpaired) electrons. The quantitative estimate of drug-likeness (QED) is 0.857. The number of nitrogens with zero attached hydrogens (tertiary/aromatic N) is 2. The average molecular weight is 284 g/mol. The number of halogens is 2. The Bertz CT molecular complexity index is 571. The number of ether oxygens (including phenoxy) is 1. The van der Waals surface area contributed by atoms with Gasteiger partial charge in [0.15, 0.2) is 0 Å². The third-order valence-electron chi connectivity index (χ3n) is 2.60. The smallest absolute Gasteiger partial charge is 0.207 e. The maximum atomic E-state index is 13.2. The fraction of sp³-hybridized carbons (Fsp3) is 0.308. The van der Waals surface area contributed by atoms with Gasteiger partial charge in [-0.25, -0.2) is 9.37 Å². The summed E-state index contributed by atoms with van der Waals surface area (Å²) in [4.78, 5) is 4.37. The van der Waals surface area contributed by atoms with Crippen LogP contribution in [0.5, 0.6) is 0 Å². The zero-order chi connectivity index (χ0) is 13.8. The first-order valence-corrected chi connectivity index (χ1v) is 6.24. The van der Waals surface area contributed by atoms with Crippen molar-refractivity contribution in [1.82, 2.24) is 9.55 Å². The Morgan fingerprint density at radius 1 is 1.47 bits per heavy atom. The van der Waals surface area contributed by atoms with Gasteiger partial charge in [0.05, 0.1) is 23.0 Å². The third-order valence-corrected chi connectivity index (χ3v) is 2.89. The number of hydrogen-bond acceptors (Lipinski definition) is 3. The maximum Gasteiger partial charge on any atom is 0.207 e. The van der Waals surface area contributed by atoms with Crippen LogP contribution in [0, 0.1) is 12.7 Å². The first-order chi connectivity index (χ1) is 9.11. The summed E-state index contributed by atoms with van der Waals surface area (Å²) in [5.74, 6) is 0.244. The van der Waals surface area contributed by atoms with Crippen molar-refractivity contribution in [2.24, 2.45) is 0 Å². The Kier molecular flexibility index (Phi) is 4.39. The number of rotatable bonds is 5. The second-order valence-electron chi connectivity index (χ2n) is 4.09. The molecule has 0 atom stereocenters. The number of imidazole rings is 1. The fourth-order valence-electron chi connectivity index (χ4n) is 1.72. The van der Waals surface area contributed by atoms with Crippen LogP contribution in [0.15, 0.2) is 24.4 Å². The maximum absolute atomic E-state index is 13.2. The molecule has 0 aliphatic rings. The summed E-state index contributed by atoms with van der Waals surface area (Å²) in [6.45, 7) is 3.11. The van der Waals surface area contributed by atoms with Crippen molar-refractivity contribution in [3.05, 3.63) is 40.9 Å². The molecular formula is C13H15ClFN3O. The minimum Gasteiger partial charge on any atom is -0.383 e. The highest BCUT2D eigenvalue weighted by Gasteiger charge is 2.09. The van der Waals surface area contributed by atoms with Gasteiger partial charge in [-0.15, -0.1) is 0 Å². The van der Waals surface area contributed by atoms with Crippen molar-refractivity contribution in [3.63, 3.8) is 0 Å². The Balaban J connectivity index is 2.29. The molecule has 0 aliphatic heterocycles. The molecule has 4 nitrogen and oxygen atoms in total. The van der Waals surface area contributed by atoms with Gasteiger partial charge in [0.2, 0.25) is 5.95 Å². The molecule has 0 spiro atoms. The largest absolute Gasteiger partial charge is 0.383 e. The van der Waals surface area contributed by atoms with E-state index in [0.29, 0.717) is 19.1 Å². The van der Waals surface area contributed by atoms with Gasteiger partial charge in [-0.3, -0.25) is 4.57 Å². The highest BCUT2D eigenvalue weighted by Crippen LogP contribution is 2.22. The van der Waals surface area contributed by atoms with E-state index in [-0.39, 0.29) is 5.02 Å². The summed E-state index contributed by atoms with van der Waals surface area (Å²) in [6.07, 6.45) is 1.86. The molecule has 2 rings (SSSR count). The number of anilines is 1. The van der Waals surface area contributed by atoms with Gasteiger partial charge in [0.25, 0.3) is 0 Å². The van der Waals surface area contributed by atoms with Crippen LogP contribution in [0.1, 0.15) is 5.69 Å². The van der Waals surface area contributed by atoms with Crippen LogP contribution in [0.25, 0.3) is 5.69 Å². The number of hydrogen-bond donors (Lipinski definition) is 1. The van der Waals surface area contributed by atoms with Crippen molar-refractivity contribution >= 4 is 17.5 Å². The molecule has 0 fully saturated rings. The highest BCUT2D eigenvalue weighted by atomic mass is 35.5. The summed E-state index contributed by atoms with van der Waals surface area (Å²) in [7, 11) is 1.64. The standard InChI is InChI=1S/C13H15ClFN3O/c1-9-8-18(13(17-9)16-5-6-19-2)10-3-4-12(15)11(14)7-10/h3-4,7-8H,5-6H2,1-2H3,(H,16,17). The number of nitrogens with one attached hydrogen (secondary N) is 1. The minimum atomic E-state index is -0.434. The van der Waals surface area contributed by atoms with Gasteiger partial charge < -0.3 is 10.1 Å². The van der Waals surface area contributed by atoms with Crippen LogP contribution in [-0.4, -0.2) is 29.8 Å². The number of aromatic nitrogens is 2. The molecular weight excluding hydrogens is 269 g/mol. The lowest BCUT2D eigenvalue weighted by Gasteiger charge is -2.10. The van der Waals surface area contributed by atoms with Crippen LogP contribution in [-0.2, 0) is 4.74 Å². The minimum absolute atomic E-state index is 0.0895. The Hall–Kier alpha value is -1.59. The van der Waals surface area contributed by atoms with E-state index in [1.165, 1.54) is 6.07 Å². The zero-order valence-corrected chi connectivity index (χ0v) is 11.5. The van der Waals surface area contributed by atoms with E-state index in [9.17, 15) is 4.39 Å². The molecule has 0 unspecified atom stereocenters. The predicted octanol–water partition coefficient (Wildman–Crippen LogP) is 3.03. The molecule has 0 amide bonds. The van der Waals surface area contributed by atoms with E-state index in [1.54, 1.807) is 19.2 Å². The number of aryl methyl sites for hydroxylation is 1. The second kappa shape index (κ2) is 6.04. The molecule has 6 heteroatoms. The van der Waals surface area contributed by atoms with Gasteiger partial charge >= 0.3 is 0 Å². The van der Waals surface area contributed by atoms with Crippen LogP contribution < -0.4 is 5.32 Å². The normalized spacial score (nSPS) is 10.7. The zero-order valence-electron chi connectivity index (χ0n) is 10.8. The first-order valence-electron chi connectivity index (χ1n) is 5.86. The average Bonchev–Trinajstić information content (AvgIpc) is 2.74. The summed E-state index contributed by atoms with van der Waals surface area (Å²) in [5, 5.41) is 3.25. The van der Waals surface area contributed by atoms with Crippen molar-refractivity contribution in [2.45, 2.75) is 6.92 Å². The lowest BCUT2D eigenvalue weighted by molar-refractivity contribution is 0.210. The molecule has 19 heavy (non-hydrogen) atoms. The van der Waals surface area contributed by atoms with E-state index < -0.39 is 5.82 Å². The van der Waals surface area contributed by atoms with Crippen molar-refractivity contribution < 1.29 is 9.13 Å². The van der Waals surface area contributed by atoms with Crippen molar-refractivity contribution in [2.75, 3.05) is 25.6 Å². The molecule has 1 heterocycles. The Morgan fingerprint density at radius 2 is 2.26 bits per heavy atom. The fourth-order valence-corrected chi connectivity index (χ4v) is 1.89. The second-order valence-corrected chi connectivity index (χ2v) is 4.50. The van der Waals surface area contributed by atoms with Crippen molar-refractivity contribution in [3.8, 4) is 5.69 Å². The summed E-state index contributed by atoms with van der Waals surface area (Å²) in [5.41, 5.74) is 1.62.